The number of rotatable bonds is 6. The van der Waals surface area contributed by atoms with Crippen LogP contribution >= 0.6 is 46.3 Å². The Labute approximate surface area is 163 Å². The number of thioether (sulfide) groups is 1. The molecule has 0 spiro atoms. The molecule has 0 saturated carbocycles. The van der Waals surface area contributed by atoms with Gasteiger partial charge in [0.25, 0.3) is 0 Å². The van der Waals surface area contributed by atoms with Gasteiger partial charge in [0, 0.05) is 10.0 Å². The first-order valence-electron chi connectivity index (χ1n) is 7.36. The van der Waals surface area contributed by atoms with Crippen LogP contribution in [0.1, 0.15) is 18.5 Å². The summed E-state index contributed by atoms with van der Waals surface area (Å²) >= 11 is 14.9. The number of hydrogen-bond donors (Lipinski definition) is 2. The molecule has 1 amide bonds. The maximum atomic E-state index is 12.1. The fourth-order valence-electron chi connectivity index (χ4n) is 2.18. The van der Waals surface area contributed by atoms with Gasteiger partial charge in [-0.3, -0.25) is 9.89 Å². The smallest absolute Gasteiger partial charge is 0.230 e. The van der Waals surface area contributed by atoms with Crippen molar-refractivity contribution in [1.29, 1.82) is 0 Å². The first-order valence-corrected chi connectivity index (χ1v) is 9.98. The third kappa shape index (κ3) is 4.76. The van der Waals surface area contributed by atoms with Gasteiger partial charge in [-0.05, 0) is 36.1 Å². The standard InChI is InChI=1S/C16H14Cl2N4OS2/c1-9(11-5-4-10(17)7-12(11)18)19-14(23)8-25-16-20-15(21-22-16)13-3-2-6-24-13/h2-7,9H,8H2,1H3,(H,19,23)(H,20,21,22). The molecule has 2 heterocycles. The summed E-state index contributed by atoms with van der Waals surface area (Å²) in [4.78, 5) is 17.5. The number of nitrogens with zero attached hydrogens (tertiary/aromatic N) is 2. The van der Waals surface area contributed by atoms with Crippen molar-refractivity contribution in [3.63, 3.8) is 0 Å². The van der Waals surface area contributed by atoms with E-state index in [1.54, 1.807) is 23.5 Å². The Morgan fingerprint density at radius 3 is 2.96 bits per heavy atom. The van der Waals surface area contributed by atoms with E-state index in [1.165, 1.54) is 11.8 Å². The van der Waals surface area contributed by atoms with Crippen molar-refractivity contribution < 1.29 is 4.79 Å². The quantitative estimate of drug-likeness (QED) is 0.569. The molecule has 25 heavy (non-hydrogen) atoms. The Bertz CT molecular complexity index is 867. The normalized spacial score (nSPS) is 12.1. The molecule has 0 bridgehead atoms. The number of halogens is 2. The SMILES string of the molecule is CC(NC(=O)CSc1n[nH]c(-c2cccs2)n1)c1ccc(Cl)cc1Cl. The van der Waals surface area contributed by atoms with E-state index in [2.05, 4.69) is 20.5 Å². The van der Waals surface area contributed by atoms with Crippen LogP contribution in [0.5, 0.6) is 0 Å². The summed E-state index contributed by atoms with van der Waals surface area (Å²) in [5.41, 5.74) is 0.822. The minimum Gasteiger partial charge on any atom is -0.349 e. The number of hydrogen-bond acceptors (Lipinski definition) is 5. The van der Waals surface area contributed by atoms with Gasteiger partial charge in [0.15, 0.2) is 5.82 Å². The summed E-state index contributed by atoms with van der Waals surface area (Å²) < 4.78 is 0. The number of carbonyl (C=O) groups excluding carboxylic acids is 1. The number of benzene rings is 1. The molecule has 0 aliphatic heterocycles. The molecule has 0 saturated heterocycles. The topological polar surface area (TPSA) is 70.7 Å². The maximum absolute atomic E-state index is 12.1. The second kappa shape index (κ2) is 8.23. The van der Waals surface area contributed by atoms with Crippen LogP contribution in [0, 0.1) is 0 Å². The Morgan fingerprint density at radius 1 is 1.40 bits per heavy atom. The van der Waals surface area contributed by atoms with Crippen molar-refractivity contribution in [3.8, 4) is 10.7 Å². The van der Waals surface area contributed by atoms with E-state index in [-0.39, 0.29) is 17.7 Å². The number of carbonyl (C=O) groups is 1. The van der Waals surface area contributed by atoms with Gasteiger partial charge in [-0.15, -0.1) is 16.4 Å². The zero-order valence-corrected chi connectivity index (χ0v) is 16.3. The molecule has 2 aromatic heterocycles. The molecule has 0 aliphatic rings. The van der Waals surface area contributed by atoms with Crippen molar-refractivity contribution in [2.75, 3.05) is 5.75 Å². The van der Waals surface area contributed by atoms with Gasteiger partial charge in [-0.25, -0.2) is 4.98 Å². The van der Waals surface area contributed by atoms with Crippen molar-refractivity contribution >= 4 is 52.2 Å². The Balaban J connectivity index is 1.54. The first kappa shape index (κ1) is 18.3. The van der Waals surface area contributed by atoms with Crippen LogP contribution in [0.4, 0.5) is 0 Å². The number of aromatic nitrogens is 3. The van der Waals surface area contributed by atoms with Gasteiger partial charge in [-0.1, -0.05) is 47.1 Å². The molecular weight excluding hydrogens is 399 g/mol. The Morgan fingerprint density at radius 2 is 2.24 bits per heavy atom. The van der Waals surface area contributed by atoms with Gasteiger partial charge >= 0.3 is 0 Å². The lowest BCUT2D eigenvalue weighted by Crippen LogP contribution is -2.28. The molecule has 0 radical (unpaired) electrons. The molecule has 130 valence electrons. The maximum Gasteiger partial charge on any atom is 0.230 e. The summed E-state index contributed by atoms with van der Waals surface area (Å²) in [6.45, 7) is 1.87. The largest absolute Gasteiger partial charge is 0.349 e. The number of aromatic amines is 1. The van der Waals surface area contributed by atoms with Crippen LogP contribution in [-0.2, 0) is 4.79 Å². The molecule has 5 nitrogen and oxygen atoms in total. The second-order valence-electron chi connectivity index (χ2n) is 5.19. The predicted molar refractivity (Wildman–Crippen MR) is 103 cm³/mol. The van der Waals surface area contributed by atoms with Gasteiger partial charge in [0.05, 0.1) is 16.7 Å². The zero-order valence-electron chi connectivity index (χ0n) is 13.1. The number of amides is 1. The summed E-state index contributed by atoms with van der Waals surface area (Å²) in [6, 6.07) is 8.92. The van der Waals surface area contributed by atoms with E-state index in [0.717, 1.165) is 10.4 Å². The lowest BCUT2D eigenvalue weighted by molar-refractivity contribution is -0.119. The van der Waals surface area contributed by atoms with E-state index >= 15 is 0 Å². The highest BCUT2D eigenvalue weighted by Gasteiger charge is 2.14. The molecule has 3 rings (SSSR count). The van der Waals surface area contributed by atoms with Gasteiger partial charge in [0.2, 0.25) is 11.1 Å². The van der Waals surface area contributed by atoms with Crippen LogP contribution in [0.25, 0.3) is 10.7 Å². The molecule has 1 aromatic carbocycles. The van der Waals surface area contributed by atoms with Crippen LogP contribution in [0.2, 0.25) is 10.0 Å². The van der Waals surface area contributed by atoms with E-state index < -0.39 is 0 Å². The number of H-pyrrole nitrogens is 1. The first-order chi connectivity index (χ1) is 12.0. The summed E-state index contributed by atoms with van der Waals surface area (Å²) in [7, 11) is 0. The highest BCUT2D eigenvalue weighted by Crippen LogP contribution is 2.26. The number of nitrogens with one attached hydrogen (secondary N) is 2. The highest BCUT2D eigenvalue weighted by molar-refractivity contribution is 7.99. The summed E-state index contributed by atoms with van der Waals surface area (Å²) in [6.07, 6.45) is 0. The Kier molecular flexibility index (Phi) is 6.01. The van der Waals surface area contributed by atoms with Crippen molar-refractivity contribution in [1.82, 2.24) is 20.5 Å². The van der Waals surface area contributed by atoms with Crippen LogP contribution < -0.4 is 5.32 Å². The molecular formula is C16H14Cl2N4OS2. The summed E-state index contributed by atoms with van der Waals surface area (Å²) in [5, 5.41) is 13.5. The lowest BCUT2D eigenvalue weighted by Gasteiger charge is -2.15. The van der Waals surface area contributed by atoms with E-state index in [9.17, 15) is 4.79 Å². The van der Waals surface area contributed by atoms with Crippen LogP contribution in [0.3, 0.4) is 0 Å². The van der Waals surface area contributed by atoms with Gasteiger partial charge in [-0.2, -0.15) is 0 Å². The Hall–Kier alpha value is -1.54. The van der Waals surface area contributed by atoms with Crippen LogP contribution in [-0.4, -0.2) is 26.8 Å². The predicted octanol–water partition coefficient (Wildman–Crippen LogP) is 4.81. The van der Waals surface area contributed by atoms with Crippen molar-refractivity contribution in [3.05, 3.63) is 51.3 Å². The fraction of sp³-hybridized carbons (Fsp3) is 0.188. The van der Waals surface area contributed by atoms with E-state index in [4.69, 9.17) is 23.2 Å². The molecule has 0 aliphatic carbocycles. The van der Waals surface area contributed by atoms with Crippen molar-refractivity contribution in [2.24, 2.45) is 0 Å². The molecule has 3 aromatic rings. The molecule has 2 N–H and O–H groups in total. The second-order valence-corrected chi connectivity index (χ2v) is 7.92. The van der Waals surface area contributed by atoms with E-state index in [0.29, 0.717) is 21.0 Å². The molecule has 1 atom stereocenters. The molecule has 9 heteroatoms. The monoisotopic (exact) mass is 412 g/mol. The lowest BCUT2D eigenvalue weighted by atomic mass is 10.1. The zero-order chi connectivity index (χ0) is 17.8. The third-order valence-electron chi connectivity index (χ3n) is 3.36. The molecule has 1 unspecified atom stereocenters. The van der Waals surface area contributed by atoms with E-state index in [1.807, 2.05) is 30.5 Å². The average molecular weight is 413 g/mol. The van der Waals surface area contributed by atoms with Crippen LogP contribution in [0.15, 0.2) is 40.9 Å². The minimum absolute atomic E-state index is 0.119. The van der Waals surface area contributed by atoms with Gasteiger partial charge in [0.1, 0.15) is 0 Å². The molecule has 0 fully saturated rings. The van der Waals surface area contributed by atoms with Crippen molar-refractivity contribution in [2.45, 2.75) is 18.1 Å². The average Bonchev–Trinajstić information content (AvgIpc) is 3.24. The van der Waals surface area contributed by atoms with Gasteiger partial charge < -0.3 is 5.32 Å². The fourth-order valence-corrected chi connectivity index (χ4v) is 4.02. The number of thiophene rings is 1. The minimum atomic E-state index is -0.216. The highest BCUT2D eigenvalue weighted by atomic mass is 35.5. The third-order valence-corrected chi connectivity index (χ3v) is 5.64. The summed E-state index contributed by atoms with van der Waals surface area (Å²) in [5.74, 6) is 0.808.